The van der Waals surface area contributed by atoms with Crippen molar-refractivity contribution in [2.45, 2.75) is 6.54 Å². The van der Waals surface area contributed by atoms with Crippen LogP contribution < -0.4 is 10.5 Å². The Balaban J connectivity index is 2.14. The number of fused-ring (bicyclic) bond motifs is 1. The molecular formula is C18H17NO. The summed E-state index contributed by atoms with van der Waals surface area (Å²) in [5, 5.41) is 2.49. The van der Waals surface area contributed by atoms with Crippen LogP contribution in [0.3, 0.4) is 0 Å². The number of rotatable bonds is 3. The average Bonchev–Trinajstić information content (AvgIpc) is 2.53. The van der Waals surface area contributed by atoms with Crippen molar-refractivity contribution < 1.29 is 4.74 Å². The van der Waals surface area contributed by atoms with Gasteiger partial charge in [0.25, 0.3) is 0 Å². The topological polar surface area (TPSA) is 35.2 Å². The van der Waals surface area contributed by atoms with Crippen LogP contribution in [0.15, 0.2) is 60.7 Å². The van der Waals surface area contributed by atoms with Crippen LogP contribution >= 0.6 is 0 Å². The predicted octanol–water partition coefficient (Wildman–Crippen LogP) is 3.97. The Morgan fingerprint density at radius 3 is 2.45 bits per heavy atom. The smallest absolute Gasteiger partial charge is 0.119 e. The van der Waals surface area contributed by atoms with E-state index in [-0.39, 0.29) is 0 Å². The molecule has 0 saturated carbocycles. The second kappa shape index (κ2) is 5.35. The predicted molar refractivity (Wildman–Crippen MR) is 83.8 cm³/mol. The number of nitrogens with two attached hydrogens (primary N) is 1. The van der Waals surface area contributed by atoms with Crippen molar-refractivity contribution in [1.82, 2.24) is 0 Å². The minimum absolute atomic E-state index is 0.499. The maximum atomic E-state index is 5.87. The minimum atomic E-state index is 0.499. The van der Waals surface area contributed by atoms with Crippen LogP contribution in [0.25, 0.3) is 21.9 Å². The van der Waals surface area contributed by atoms with E-state index in [1.807, 2.05) is 12.1 Å². The summed E-state index contributed by atoms with van der Waals surface area (Å²) in [6.07, 6.45) is 0. The van der Waals surface area contributed by atoms with Crippen molar-refractivity contribution in [3.63, 3.8) is 0 Å². The molecule has 3 rings (SSSR count). The van der Waals surface area contributed by atoms with E-state index in [9.17, 15) is 0 Å². The van der Waals surface area contributed by atoms with E-state index in [2.05, 4.69) is 48.5 Å². The van der Waals surface area contributed by atoms with E-state index >= 15 is 0 Å². The maximum absolute atomic E-state index is 5.87. The Morgan fingerprint density at radius 1 is 0.900 bits per heavy atom. The molecular weight excluding hydrogens is 246 g/mol. The molecule has 0 aliphatic heterocycles. The van der Waals surface area contributed by atoms with Gasteiger partial charge in [-0.05, 0) is 45.7 Å². The Bertz CT molecular complexity index is 749. The Kier molecular flexibility index (Phi) is 3.40. The number of hydrogen-bond donors (Lipinski definition) is 1. The molecule has 0 unspecified atom stereocenters. The molecule has 0 saturated heterocycles. The van der Waals surface area contributed by atoms with Crippen LogP contribution in [0.1, 0.15) is 5.56 Å². The molecule has 3 aromatic carbocycles. The Morgan fingerprint density at radius 2 is 1.70 bits per heavy atom. The summed E-state index contributed by atoms with van der Waals surface area (Å²) in [6.45, 7) is 0.499. The van der Waals surface area contributed by atoms with Crippen molar-refractivity contribution in [3.8, 4) is 16.9 Å². The molecule has 2 heteroatoms. The van der Waals surface area contributed by atoms with Crippen molar-refractivity contribution in [3.05, 3.63) is 66.2 Å². The first kappa shape index (κ1) is 12.7. The molecule has 0 spiro atoms. The molecule has 0 aliphatic rings. The third-order valence-corrected chi connectivity index (χ3v) is 3.59. The molecule has 20 heavy (non-hydrogen) atoms. The number of methoxy groups -OCH3 is 1. The number of ether oxygens (including phenoxy) is 1. The highest BCUT2D eigenvalue weighted by Crippen LogP contribution is 2.29. The van der Waals surface area contributed by atoms with Gasteiger partial charge in [-0.3, -0.25) is 0 Å². The van der Waals surface area contributed by atoms with Gasteiger partial charge in [-0.1, -0.05) is 42.5 Å². The van der Waals surface area contributed by atoms with E-state index in [1.165, 1.54) is 21.9 Å². The van der Waals surface area contributed by atoms with Gasteiger partial charge in [-0.25, -0.2) is 0 Å². The van der Waals surface area contributed by atoms with Gasteiger partial charge in [0.05, 0.1) is 7.11 Å². The maximum Gasteiger partial charge on any atom is 0.119 e. The fraction of sp³-hybridized carbons (Fsp3) is 0.111. The highest BCUT2D eigenvalue weighted by Gasteiger charge is 2.06. The van der Waals surface area contributed by atoms with Gasteiger partial charge in [0.1, 0.15) is 5.75 Å². The van der Waals surface area contributed by atoms with Gasteiger partial charge in [0, 0.05) is 6.54 Å². The Labute approximate surface area is 118 Å². The van der Waals surface area contributed by atoms with Crippen molar-refractivity contribution in [2.75, 3.05) is 7.11 Å². The van der Waals surface area contributed by atoms with Crippen molar-refractivity contribution in [1.29, 1.82) is 0 Å². The van der Waals surface area contributed by atoms with E-state index in [1.54, 1.807) is 7.11 Å². The summed E-state index contributed by atoms with van der Waals surface area (Å²) >= 11 is 0. The van der Waals surface area contributed by atoms with E-state index < -0.39 is 0 Å². The van der Waals surface area contributed by atoms with Crippen LogP contribution in [-0.4, -0.2) is 7.11 Å². The second-order valence-electron chi connectivity index (χ2n) is 4.79. The highest BCUT2D eigenvalue weighted by molar-refractivity contribution is 5.87. The average molecular weight is 263 g/mol. The lowest BCUT2D eigenvalue weighted by molar-refractivity contribution is 0.414. The van der Waals surface area contributed by atoms with Crippen molar-refractivity contribution in [2.24, 2.45) is 5.73 Å². The lowest BCUT2D eigenvalue weighted by Crippen LogP contribution is -1.99. The third kappa shape index (κ3) is 2.26. The molecule has 0 amide bonds. The summed E-state index contributed by atoms with van der Waals surface area (Å²) in [7, 11) is 1.67. The van der Waals surface area contributed by atoms with E-state index in [0.717, 1.165) is 11.3 Å². The minimum Gasteiger partial charge on any atom is -0.497 e. The van der Waals surface area contributed by atoms with Crippen LogP contribution in [0.4, 0.5) is 0 Å². The summed E-state index contributed by atoms with van der Waals surface area (Å²) in [4.78, 5) is 0. The van der Waals surface area contributed by atoms with Gasteiger partial charge in [-0.15, -0.1) is 0 Å². The lowest BCUT2D eigenvalue weighted by atomic mass is 9.97. The lowest BCUT2D eigenvalue weighted by Gasteiger charge is -2.11. The van der Waals surface area contributed by atoms with Gasteiger partial charge in [0.2, 0.25) is 0 Å². The zero-order valence-corrected chi connectivity index (χ0v) is 11.5. The molecule has 0 radical (unpaired) electrons. The quantitative estimate of drug-likeness (QED) is 0.776. The molecule has 3 aromatic rings. The largest absolute Gasteiger partial charge is 0.497 e. The van der Waals surface area contributed by atoms with E-state index in [4.69, 9.17) is 10.5 Å². The molecule has 2 nitrogen and oxygen atoms in total. The second-order valence-corrected chi connectivity index (χ2v) is 4.79. The highest BCUT2D eigenvalue weighted by atomic mass is 16.5. The molecule has 100 valence electrons. The summed E-state index contributed by atoms with van der Waals surface area (Å²) < 4.78 is 5.26. The monoisotopic (exact) mass is 263 g/mol. The molecule has 0 atom stereocenters. The Hall–Kier alpha value is -2.32. The zero-order valence-electron chi connectivity index (χ0n) is 11.5. The van der Waals surface area contributed by atoms with Crippen molar-refractivity contribution >= 4 is 10.8 Å². The molecule has 0 aliphatic carbocycles. The first-order chi connectivity index (χ1) is 9.81. The fourth-order valence-electron chi connectivity index (χ4n) is 2.50. The van der Waals surface area contributed by atoms with E-state index in [0.29, 0.717) is 6.54 Å². The van der Waals surface area contributed by atoms with Gasteiger partial charge in [-0.2, -0.15) is 0 Å². The standard InChI is InChI=1S/C18H17NO/c1-20-17-8-9-18(16(11-17)12-19)15-7-6-13-4-2-3-5-14(13)10-15/h2-11H,12,19H2,1H3. The molecule has 0 fully saturated rings. The molecule has 0 heterocycles. The molecule has 2 N–H and O–H groups in total. The fourth-order valence-corrected chi connectivity index (χ4v) is 2.50. The number of hydrogen-bond acceptors (Lipinski definition) is 2. The van der Waals surface area contributed by atoms with Crippen LogP contribution in [-0.2, 0) is 6.54 Å². The zero-order chi connectivity index (χ0) is 13.9. The SMILES string of the molecule is COc1ccc(-c2ccc3ccccc3c2)c(CN)c1. The third-order valence-electron chi connectivity index (χ3n) is 3.59. The molecule has 0 bridgehead atoms. The first-order valence-corrected chi connectivity index (χ1v) is 6.68. The van der Waals surface area contributed by atoms with Gasteiger partial charge < -0.3 is 10.5 Å². The summed E-state index contributed by atoms with van der Waals surface area (Å²) in [5.41, 5.74) is 9.32. The normalized spacial score (nSPS) is 10.7. The summed E-state index contributed by atoms with van der Waals surface area (Å²) in [6, 6.07) is 20.9. The van der Waals surface area contributed by atoms with Crippen LogP contribution in [0, 0.1) is 0 Å². The summed E-state index contributed by atoms with van der Waals surface area (Å²) in [5.74, 6) is 0.843. The van der Waals surface area contributed by atoms with Crippen LogP contribution in [0.2, 0.25) is 0 Å². The van der Waals surface area contributed by atoms with Gasteiger partial charge in [0.15, 0.2) is 0 Å². The number of benzene rings is 3. The van der Waals surface area contributed by atoms with Crippen LogP contribution in [0.5, 0.6) is 5.75 Å². The molecule has 0 aromatic heterocycles. The van der Waals surface area contributed by atoms with Gasteiger partial charge >= 0.3 is 0 Å². The first-order valence-electron chi connectivity index (χ1n) is 6.68.